The number of hydrogen-bond acceptors (Lipinski definition) is 2. The molecule has 7 heteroatoms. The molecule has 2 aromatic rings. The predicted molar refractivity (Wildman–Crippen MR) is 79.6 cm³/mol. The maximum atomic E-state index is 13.0. The third kappa shape index (κ3) is 2.98. The number of nitrogens with one attached hydrogen (secondary N) is 2. The van der Waals surface area contributed by atoms with Crippen LogP contribution < -0.4 is 5.32 Å². The zero-order chi connectivity index (χ0) is 14.9. The molecule has 1 aromatic heterocycles. The number of aromatic nitrogens is 1. The van der Waals surface area contributed by atoms with Crippen molar-refractivity contribution in [2.75, 3.05) is 5.32 Å². The van der Waals surface area contributed by atoms with E-state index in [2.05, 4.69) is 10.3 Å². The van der Waals surface area contributed by atoms with Crippen LogP contribution in [-0.4, -0.2) is 22.0 Å². The average molecular weight is 388 g/mol. The molecule has 2 rings (SSSR count). The number of aryl methyl sites for hydroxylation is 1. The van der Waals surface area contributed by atoms with Crippen LogP contribution in [0, 0.1) is 16.3 Å². The lowest BCUT2D eigenvalue weighted by molar-refractivity contribution is 0.0692. The topological polar surface area (TPSA) is 82.2 Å². The summed E-state index contributed by atoms with van der Waals surface area (Å²) in [7, 11) is 0. The third-order valence-electron chi connectivity index (χ3n) is 2.59. The SMILES string of the molecule is Cc1cc(NC(=O)c2ccc(F)cc2I)c(C(=O)O)[nH]1. The highest BCUT2D eigenvalue weighted by Crippen LogP contribution is 2.20. The predicted octanol–water partition coefficient (Wildman–Crippen LogP) is 3.02. The minimum atomic E-state index is -1.16. The quantitative estimate of drug-likeness (QED) is 0.708. The number of carbonyl (C=O) groups is 2. The van der Waals surface area contributed by atoms with E-state index in [-0.39, 0.29) is 16.9 Å². The summed E-state index contributed by atoms with van der Waals surface area (Å²) in [4.78, 5) is 25.8. The van der Waals surface area contributed by atoms with E-state index in [4.69, 9.17) is 5.11 Å². The molecule has 0 unspecified atom stereocenters. The Hall–Kier alpha value is -1.90. The number of aromatic amines is 1. The molecule has 0 aliphatic heterocycles. The van der Waals surface area contributed by atoms with Crippen LogP contribution in [0.2, 0.25) is 0 Å². The van der Waals surface area contributed by atoms with Crippen molar-refractivity contribution in [3.05, 3.63) is 50.6 Å². The largest absolute Gasteiger partial charge is 0.477 e. The fraction of sp³-hybridized carbons (Fsp3) is 0.0769. The van der Waals surface area contributed by atoms with Gasteiger partial charge in [0.15, 0.2) is 0 Å². The van der Waals surface area contributed by atoms with E-state index in [1.54, 1.807) is 6.92 Å². The summed E-state index contributed by atoms with van der Waals surface area (Å²) in [6.07, 6.45) is 0. The second-order valence-electron chi connectivity index (χ2n) is 4.12. The molecule has 0 fully saturated rings. The fourth-order valence-corrected chi connectivity index (χ4v) is 2.44. The van der Waals surface area contributed by atoms with Crippen molar-refractivity contribution in [1.82, 2.24) is 4.98 Å². The van der Waals surface area contributed by atoms with Gasteiger partial charge in [0.1, 0.15) is 11.5 Å². The summed E-state index contributed by atoms with van der Waals surface area (Å²) in [5.74, 6) is -2.09. The first kappa shape index (κ1) is 14.5. The van der Waals surface area contributed by atoms with E-state index < -0.39 is 17.7 Å². The van der Waals surface area contributed by atoms with Crippen LogP contribution in [0.25, 0.3) is 0 Å². The van der Waals surface area contributed by atoms with Gasteiger partial charge in [0.25, 0.3) is 5.91 Å². The molecule has 104 valence electrons. The van der Waals surface area contributed by atoms with E-state index in [1.807, 2.05) is 22.6 Å². The van der Waals surface area contributed by atoms with Crippen molar-refractivity contribution in [3.63, 3.8) is 0 Å². The van der Waals surface area contributed by atoms with Gasteiger partial charge >= 0.3 is 5.97 Å². The zero-order valence-electron chi connectivity index (χ0n) is 10.3. The molecule has 0 saturated carbocycles. The van der Waals surface area contributed by atoms with Crippen molar-refractivity contribution in [2.45, 2.75) is 6.92 Å². The van der Waals surface area contributed by atoms with Gasteiger partial charge in [-0.05, 0) is 53.8 Å². The van der Waals surface area contributed by atoms with Crippen molar-refractivity contribution in [3.8, 4) is 0 Å². The number of amides is 1. The summed E-state index contributed by atoms with van der Waals surface area (Å²) in [5.41, 5.74) is 0.988. The molecule has 0 saturated heterocycles. The Balaban J connectivity index is 2.30. The summed E-state index contributed by atoms with van der Waals surface area (Å²) in [6, 6.07) is 5.29. The summed E-state index contributed by atoms with van der Waals surface area (Å²) in [5, 5.41) is 11.5. The first-order chi connectivity index (χ1) is 9.38. The molecule has 0 radical (unpaired) electrons. The van der Waals surface area contributed by atoms with Crippen LogP contribution in [0.4, 0.5) is 10.1 Å². The average Bonchev–Trinajstić information content (AvgIpc) is 2.70. The van der Waals surface area contributed by atoms with Gasteiger partial charge in [-0.25, -0.2) is 9.18 Å². The maximum Gasteiger partial charge on any atom is 0.354 e. The lowest BCUT2D eigenvalue weighted by atomic mass is 10.2. The van der Waals surface area contributed by atoms with Crippen molar-refractivity contribution < 1.29 is 19.1 Å². The Labute approximate surface area is 127 Å². The van der Waals surface area contributed by atoms with Gasteiger partial charge in [0.2, 0.25) is 0 Å². The maximum absolute atomic E-state index is 13.0. The van der Waals surface area contributed by atoms with E-state index >= 15 is 0 Å². The molecule has 0 bridgehead atoms. The highest BCUT2D eigenvalue weighted by atomic mass is 127. The number of rotatable bonds is 3. The molecule has 1 amide bonds. The summed E-state index contributed by atoms with van der Waals surface area (Å²) >= 11 is 1.85. The Kier molecular flexibility index (Phi) is 4.07. The third-order valence-corrected chi connectivity index (χ3v) is 3.48. The first-order valence-corrected chi connectivity index (χ1v) is 6.65. The van der Waals surface area contributed by atoms with Crippen molar-refractivity contribution >= 4 is 40.2 Å². The molecule has 1 heterocycles. The lowest BCUT2D eigenvalue weighted by Crippen LogP contribution is -2.15. The smallest absolute Gasteiger partial charge is 0.354 e. The van der Waals surface area contributed by atoms with Gasteiger partial charge in [-0.15, -0.1) is 0 Å². The number of anilines is 1. The Morgan fingerprint density at radius 2 is 2.05 bits per heavy atom. The molecule has 0 atom stereocenters. The molecular formula is C13H10FIN2O3. The van der Waals surface area contributed by atoms with Gasteiger partial charge in [0.05, 0.1) is 11.3 Å². The van der Waals surface area contributed by atoms with Gasteiger partial charge in [-0.2, -0.15) is 0 Å². The van der Waals surface area contributed by atoms with Gasteiger partial charge < -0.3 is 15.4 Å². The Bertz CT molecular complexity index is 697. The Morgan fingerprint density at radius 1 is 1.35 bits per heavy atom. The standard InChI is InChI=1S/C13H10FIN2O3/c1-6-4-10(11(16-6)13(19)20)17-12(18)8-3-2-7(14)5-9(8)15/h2-5,16H,1H3,(H,17,18)(H,19,20). The molecule has 5 nitrogen and oxygen atoms in total. The van der Waals surface area contributed by atoms with Gasteiger partial charge in [0, 0.05) is 9.26 Å². The number of carbonyl (C=O) groups excluding carboxylic acids is 1. The van der Waals surface area contributed by atoms with Crippen LogP contribution >= 0.6 is 22.6 Å². The molecule has 3 N–H and O–H groups in total. The monoisotopic (exact) mass is 388 g/mol. The summed E-state index contributed by atoms with van der Waals surface area (Å²) < 4.78 is 13.4. The second kappa shape index (κ2) is 5.61. The van der Waals surface area contributed by atoms with E-state index in [0.717, 1.165) is 0 Å². The number of benzene rings is 1. The normalized spacial score (nSPS) is 10.3. The minimum absolute atomic E-state index is 0.0898. The second-order valence-corrected chi connectivity index (χ2v) is 5.29. The fourth-order valence-electron chi connectivity index (χ4n) is 1.72. The zero-order valence-corrected chi connectivity index (χ0v) is 12.5. The number of H-pyrrole nitrogens is 1. The van der Waals surface area contributed by atoms with E-state index in [0.29, 0.717) is 9.26 Å². The molecule has 0 aliphatic rings. The number of halogens is 2. The first-order valence-electron chi connectivity index (χ1n) is 5.58. The molecule has 20 heavy (non-hydrogen) atoms. The number of aromatic carboxylic acids is 1. The van der Waals surface area contributed by atoms with Crippen molar-refractivity contribution in [2.24, 2.45) is 0 Å². The molecule has 1 aromatic carbocycles. The van der Waals surface area contributed by atoms with E-state index in [1.165, 1.54) is 24.3 Å². The number of carboxylic acids is 1. The number of hydrogen-bond donors (Lipinski definition) is 3. The highest BCUT2D eigenvalue weighted by Gasteiger charge is 2.17. The summed E-state index contributed by atoms with van der Waals surface area (Å²) in [6.45, 7) is 1.68. The number of carboxylic acid groups (broad SMARTS) is 1. The van der Waals surface area contributed by atoms with Crippen LogP contribution in [-0.2, 0) is 0 Å². The Morgan fingerprint density at radius 3 is 2.65 bits per heavy atom. The van der Waals surface area contributed by atoms with Crippen LogP contribution in [0.1, 0.15) is 26.5 Å². The van der Waals surface area contributed by atoms with E-state index in [9.17, 15) is 14.0 Å². The van der Waals surface area contributed by atoms with Crippen LogP contribution in [0.15, 0.2) is 24.3 Å². The van der Waals surface area contributed by atoms with Crippen LogP contribution in [0.3, 0.4) is 0 Å². The van der Waals surface area contributed by atoms with Crippen LogP contribution in [0.5, 0.6) is 0 Å². The minimum Gasteiger partial charge on any atom is -0.477 e. The molecule has 0 spiro atoms. The molecular weight excluding hydrogens is 378 g/mol. The van der Waals surface area contributed by atoms with Gasteiger partial charge in [-0.1, -0.05) is 0 Å². The van der Waals surface area contributed by atoms with Gasteiger partial charge in [-0.3, -0.25) is 4.79 Å². The molecule has 0 aliphatic carbocycles. The lowest BCUT2D eigenvalue weighted by Gasteiger charge is -2.06. The van der Waals surface area contributed by atoms with Crippen molar-refractivity contribution in [1.29, 1.82) is 0 Å². The highest BCUT2D eigenvalue weighted by molar-refractivity contribution is 14.1.